The Balaban J connectivity index is 2.02. The molecule has 0 aliphatic carbocycles. The van der Waals surface area contributed by atoms with E-state index in [0.29, 0.717) is 29.6 Å². The zero-order valence-corrected chi connectivity index (χ0v) is 18.3. The molecule has 10 heteroatoms. The summed E-state index contributed by atoms with van der Waals surface area (Å²) in [5, 5.41) is 10.2. The lowest BCUT2D eigenvalue weighted by atomic mass is 10.1. The molecular weight excluding hydrogens is 429 g/mol. The van der Waals surface area contributed by atoms with Crippen molar-refractivity contribution in [1.29, 1.82) is 0 Å². The Kier molecular flexibility index (Phi) is 6.87. The second-order valence-corrected chi connectivity index (χ2v) is 9.05. The summed E-state index contributed by atoms with van der Waals surface area (Å²) >= 11 is 5.96. The van der Waals surface area contributed by atoms with Gasteiger partial charge in [0.1, 0.15) is 17.3 Å². The van der Waals surface area contributed by atoms with E-state index in [9.17, 15) is 12.8 Å². The molecule has 0 atom stereocenters. The van der Waals surface area contributed by atoms with Gasteiger partial charge in [-0.1, -0.05) is 30.7 Å². The molecule has 0 amide bonds. The highest BCUT2D eigenvalue weighted by Gasteiger charge is 2.18. The van der Waals surface area contributed by atoms with E-state index >= 15 is 0 Å². The zero-order valence-electron chi connectivity index (χ0n) is 16.7. The summed E-state index contributed by atoms with van der Waals surface area (Å²) < 4.78 is 39.2. The van der Waals surface area contributed by atoms with Gasteiger partial charge in [0, 0.05) is 11.4 Å². The maximum absolute atomic E-state index is 14.8. The zero-order chi connectivity index (χ0) is 21.9. The number of rotatable bonds is 8. The van der Waals surface area contributed by atoms with Gasteiger partial charge in [-0.15, -0.1) is 5.10 Å². The van der Waals surface area contributed by atoms with Crippen LogP contribution in [0.2, 0.25) is 5.02 Å². The number of primary sulfonamides is 1. The van der Waals surface area contributed by atoms with Crippen molar-refractivity contribution in [2.45, 2.75) is 31.2 Å². The van der Waals surface area contributed by atoms with Crippen molar-refractivity contribution < 1.29 is 12.8 Å². The van der Waals surface area contributed by atoms with Crippen LogP contribution in [-0.2, 0) is 23.0 Å². The van der Waals surface area contributed by atoms with Gasteiger partial charge < -0.3 is 0 Å². The minimum atomic E-state index is -4.01. The van der Waals surface area contributed by atoms with Crippen molar-refractivity contribution in [1.82, 2.24) is 19.7 Å². The third-order valence-corrected chi connectivity index (χ3v) is 5.65. The van der Waals surface area contributed by atoms with Crippen molar-refractivity contribution >= 4 is 21.6 Å². The number of hydrogen-bond donors (Lipinski definition) is 1. The minimum Gasteiger partial charge on any atom is -0.299 e. The fourth-order valence-corrected chi connectivity index (χ4v) is 3.74. The van der Waals surface area contributed by atoms with Gasteiger partial charge in [-0.05, 0) is 55.9 Å². The van der Waals surface area contributed by atoms with Crippen LogP contribution < -0.4 is 5.14 Å². The number of nitrogens with zero attached hydrogens (tertiary/aromatic N) is 4. The molecule has 0 unspecified atom stereocenters. The van der Waals surface area contributed by atoms with E-state index in [0.717, 1.165) is 24.6 Å². The van der Waals surface area contributed by atoms with Crippen molar-refractivity contribution in [3.8, 4) is 5.69 Å². The van der Waals surface area contributed by atoms with Gasteiger partial charge in [0.2, 0.25) is 10.0 Å². The smallest absolute Gasteiger partial charge is 0.238 e. The van der Waals surface area contributed by atoms with Crippen LogP contribution in [0.5, 0.6) is 0 Å². The summed E-state index contributed by atoms with van der Waals surface area (Å²) in [7, 11) is -2.05. The molecule has 1 heterocycles. The summed E-state index contributed by atoms with van der Waals surface area (Å²) in [6, 6.07) is 10.8. The van der Waals surface area contributed by atoms with Gasteiger partial charge in [-0.25, -0.2) is 27.6 Å². The molecule has 0 spiro atoms. The van der Waals surface area contributed by atoms with Crippen molar-refractivity contribution in [3.63, 3.8) is 0 Å². The lowest BCUT2D eigenvalue weighted by Gasteiger charge is -2.12. The highest BCUT2D eigenvalue weighted by molar-refractivity contribution is 7.89. The summed E-state index contributed by atoms with van der Waals surface area (Å²) in [4.78, 5) is 6.38. The SMILES string of the molecule is CCCN(C)Cc1nc(Cc2ccc(Cl)cc2)n(-c2ccc(S(N)(=O)=O)cc2F)n1. The van der Waals surface area contributed by atoms with Crippen LogP contribution in [0.3, 0.4) is 0 Å². The molecule has 0 saturated carbocycles. The fraction of sp³-hybridized carbons (Fsp3) is 0.300. The van der Waals surface area contributed by atoms with Gasteiger partial charge in [-0.2, -0.15) is 0 Å². The molecule has 2 aromatic carbocycles. The van der Waals surface area contributed by atoms with Crippen LogP contribution in [-0.4, -0.2) is 41.7 Å². The number of sulfonamides is 1. The predicted molar refractivity (Wildman–Crippen MR) is 114 cm³/mol. The molecule has 160 valence electrons. The van der Waals surface area contributed by atoms with Gasteiger partial charge >= 0.3 is 0 Å². The largest absolute Gasteiger partial charge is 0.299 e. The van der Waals surface area contributed by atoms with Gasteiger partial charge in [0.05, 0.1) is 11.4 Å². The molecule has 1 aromatic heterocycles. The Hall–Kier alpha value is -2.33. The molecule has 3 aromatic rings. The Morgan fingerprint density at radius 3 is 2.50 bits per heavy atom. The highest BCUT2D eigenvalue weighted by atomic mass is 35.5. The van der Waals surface area contributed by atoms with Crippen LogP contribution >= 0.6 is 11.6 Å². The Morgan fingerprint density at radius 2 is 1.90 bits per heavy atom. The van der Waals surface area contributed by atoms with Gasteiger partial charge in [-0.3, -0.25) is 4.90 Å². The third kappa shape index (κ3) is 5.42. The first-order valence-electron chi connectivity index (χ1n) is 9.38. The molecule has 2 N–H and O–H groups in total. The second kappa shape index (κ2) is 9.22. The van der Waals surface area contributed by atoms with Crippen LogP contribution in [0.25, 0.3) is 5.69 Å². The number of aromatic nitrogens is 3. The van der Waals surface area contributed by atoms with E-state index in [1.54, 1.807) is 12.1 Å². The molecule has 0 radical (unpaired) electrons. The standard InChI is InChI=1S/C20H23ClFN5O2S/c1-3-10-26(2)13-19-24-20(11-14-4-6-15(21)7-5-14)27(25-19)18-9-8-16(12-17(18)22)30(23,28)29/h4-9,12H,3,10-11,13H2,1-2H3,(H2,23,28,29). The molecule has 7 nitrogen and oxygen atoms in total. The number of halogens is 2. The van der Waals surface area contributed by atoms with E-state index in [4.69, 9.17) is 16.7 Å². The molecular formula is C20H23ClFN5O2S. The van der Waals surface area contributed by atoms with E-state index < -0.39 is 15.8 Å². The summed E-state index contributed by atoms with van der Waals surface area (Å²) in [6.45, 7) is 3.46. The predicted octanol–water partition coefficient (Wildman–Crippen LogP) is 3.14. The van der Waals surface area contributed by atoms with Crippen LogP contribution in [0.4, 0.5) is 4.39 Å². The number of hydrogen-bond acceptors (Lipinski definition) is 5. The Morgan fingerprint density at radius 1 is 1.20 bits per heavy atom. The molecule has 0 saturated heterocycles. The Labute approximate surface area is 180 Å². The highest BCUT2D eigenvalue weighted by Crippen LogP contribution is 2.21. The first-order chi connectivity index (χ1) is 14.2. The van der Waals surface area contributed by atoms with Crippen molar-refractivity contribution in [2.75, 3.05) is 13.6 Å². The van der Waals surface area contributed by atoms with Crippen LogP contribution in [0.15, 0.2) is 47.4 Å². The lowest BCUT2D eigenvalue weighted by molar-refractivity contribution is 0.319. The first kappa shape index (κ1) is 22.4. The van der Waals surface area contributed by atoms with Gasteiger partial charge in [0.15, 0.2) is 5.82 Å². The fourth-order valence-electron chi connectivity index (χ4n) is 3.09. The van der Waals surface area contributed by atoms with Crippen LogP contribution in [0.1, 0.15) is 30.6 Å². The molecule has 3 rings (SSSR count). The van der Waals surface area contributed by atoms with E-state index in [1.165, 1.54) is 16.8 Å². The van der Waals surface area contributed by atoms with Gasteiger partial charge in [0.25, 0.3) is 0 Å². The van der Waals surface area contributed by atoms with E-state index in [2.05, 4.69) is 21.9 Å². The summed E-state index contributed by atoms with van der Waals surface area (Å²) in [6.07, 6.45) is 1.39. The minimum absolute atomic E-state index is 0.100. The first-order valence-corrected chi connectivity index (χ1v) is 11.3. The number of nitrogens with two attached hydrogens (primary N) is 1. The second-order valence-electron chi connectivity index (χ2n) is 7.06. The average molecular weight is 452 g/mol. The number of benzene rings is 2. The van der Waals surface area contributed by atoms with E-state index in [-0.39, 0.29) is 10.6 Å². The van der Waals surface area contributed by atoms with Crippen molar-refractivity contribution in [2.24, 2.45) is 5.14 Å². The maximum Gasteiger partial charge on any atom is 0.238 e. The third-order valence-electron chi connectivity index (χ3n) is 4.49. The molecule has 0 fully saturated rings. The lowest BCUT2D eigenvalue weighted by Crippen LogP contribution is -2.19. The summed E-state index contributed by atoms with van der Waals surface area (Å²) in [5.74, 6) is 0.321. The van der Waals surface area contributed by atoms with Crippen LogP contribution in [0, 0.1) is 5.82 Å². The average Bonchev–Trinajstić information content (AvgIpc) is 3.04. The monoisotopic (exact) mass is 451 g/mol. The molecule has 0 aliphatic heterocycles. The molecule has 30 heavy (non-hydrogen) atoms. The quantitative estimate of drug-likeness (QED) is 0.567. The van der Waals surface area contributed by atoms with Crippen molar-refractivity contribution in [3.05, 3.63) is 70.5 Å². The summed E-state index contributed by atoms with van der Waals surface area (Å²) in [5.41, 5.74) is 1.03. The topological polar surface area (TPSA) is 94.1 Å². The Bertz CT molecular complexity index is 1130. The molecule has 0 aliphatic rings. The van der Waals surface area contributed by atoms with E-state index in [1.807, 2.05) is 19.2 Å². The molecule has 0 bridgehead atoms. The maximum atomic E-state index is 14.8. The normalized spacial score (nSPS) is 11.9.